The molecule has 2 aliphatic rings. The Morgan fingerprint density at radius 2 is 1.82 bits per heavy atom. The van der Waals surface area contributed by atoms with Gasteiger partial charge < -0.3 is 10.0 Å². The standard InChI is InChI=1S/C25H25N3O6/c1-25(2,24(33)34)26-12-14-6-8-15(9-7-14)21(30)16-4-3-5-17-18(16)13-28(23(17)32)19-10-11-20(29)27-22(19)31/h3-9,19,26H,10-13H2,1-2H3,(H,33,34)(H,27,29,31). The lowest BCUT2D eigenvalue weighted by atomic mass is 9.95. The normalized spacial score (nSPS) is 18.0. The lowest BCUT2D eigenvalue weighted by Gasteiger charge is -2.29. The Kier molecular flexibility index (Phi) is 6.05. The Morgan fingerprint density at radius 1 is 1.12 bits per heavy atom. The quantitative estimate of drug-likeness (QED) is 0.420. The van der Waals surface area contributed by atoms with Crippen LogP contribution in [0.2, 0.25) is 0 Å². The van der Waals surface area contributed by atoms with Gasteiger partial charge in [-0.1, -0.05) is 36.4 Å². The zero-order valence-corrected chi connectivity index (χ0v) is 18.9. The summed E-state index contributed by atoms with van der Waals surface area (Å²) in [5.41, 5.74) is 1.51. The Hall–Kier alpha value is -3.85. The van der Waals surface area contributed by atoms with Crippen LogP contribution < -0.4 is 10.6 Å². The fourth-order valence-corrected chi connectivity index (χ4v) is 4.13. The predicted octanol–water partition coefficient (Wildman–Crippen LogP) is 1.63. The number of fused-ring (bicyclic) bond motifs is 1. The van der Waals surface area contributed by atoms with Crippen LogP contribution in [0.25, 0.3) is 0 Å². The first kappa shape index (κ1) is 23.3. The fourth-order valence-electron chi connectivity index (χ4n) is 4.13. The van der Waals surface area contributed by atoms with Gasteiger partial charge in [-0.05, 0) is 37.5 Å². The van der Waals surface area contributed by atoms with Crippen LogP contribution in [0.15, 0.2) is 42.5 Å². The topological polar surface area (TPSA) is 133 Å². The summed E-state index contributed by atoms with van der Waals surface area (Å²) in [6.07, 6.45) is 0.412. The highest BCUT2D eigenvalue weighted by Crippen LogP contribution is 2.31. The third kappa shape index (κ3) is 4.34. The van der Waals surface area contributed by atoms with E-state index < -0.39 is 23.5 Å². The fraction of sp³-hybridized carbons (Fsp3) is 0.320. The summed E-state index contributed by atoms with van der Waals surface area (Å²) >= 11 is 0. The molecule has 1 saturated heterocycles. The number of carboxylic acids is 1. The highest BCUT2D eigenvalue weighted by Gasteiger charge is 2.40. The van der Waals surface area contributed by atoms with Gasteiger partial charge in [0.1, 0.15) is 11.6 Å². The van der Waals surface area contributed by atoms with Crippen LogP contribution in [0.4, 0.5) is 0 Å². The summed E-state index contributed by atoms with van der Waals surface area (Å²) in [7, 11) is 0. The molecule has 1 atom stereocenters. The first-order valence-corrected chi connectivity index (χ1v) is 11.0. The minimum atomic E-state index is -1.08. The van der Waals surface area contributed by atoms with Gasteiger partial charge in [-0.3, -0.25) is 34.6 Å². The average Bonchev–Trinajstić information content (AvgIpc) is 3.14. The van der Waals surface area contributed by atoms with Crippen LogP contribution in [0.1, 0.15) is 64.1 Å². The zero-order chi connectivity index (χ0) is 24.6. The summed E-state index contributed by atoms with van der Waals surface area (Å²) in [5.74, 6) is -2.40. The lowest BCUT2D eigenvalue weighted by Crippen LogP contribution is -2.52. The van der Waals surface area contributed by atoms with Gasteiger partial charge in [-0.25, -0.2) is 0 Å². The molecule has 9 heteroatoms. The zero-order valence-electron chi connectivity index (χ0n) is 18.9. The van der Waals surface area contributed by atoms with E-state index in [0.29, 0.717) is 28.8 Å². The van der Waals surface area contributed by atoms with Gasteiger partial charge in [0.05, 0.1) is 0 Å². The number of amides is 3. The first-order chi connectivity index (χ1) is 16.1. The maximum Gasteiger partial charge on any atom is 0.323 e. The van der Waals surface area contributed by atoms with Crippen LogP contribution in [0, 0.1) is 0 Å². The van der Waals surface area contributed by atoms with E-state index in [2.05, 4.69) is 10.6 Å². The van der Waals surface area contributed by atoms with Crippen molar-refractivity contribution in [2.24, 2.45) is 0 Å². The number of nitrogens with zero attached hydrogens (tertiary/aromatic N) is 1. The van der Waals surface area contributed by atoms with E-state index in [4.69, 9.17) is 0 Å². The number of hydrogen-bond acceptors (Lipinski definition) is 6. The van der Waals surface area contributed by atoms with Crippen molar-refractivity contribution in [1.82, 2.24) is 15.5 Å². The molecule has 0 bridgehead atoms. The SMILES string of the molecule is CC(C)(NCc1ccc(C(=O)c2cccc3c2CN(C2CCC(=O)NC2=O)C3=O)cc1)C(=O)O. The molecule has 3 amide bonds. The smallest absolute Gasteiger partial charge is 0.323 e. The number of piperidine rings is 1. The number of benzene rings is 2. The Bertz CT molecular complexity index is 1200. The number of carboxylic acid groups (broad SMARTS) is 1. The van der Waals surface area contributed by atoms with Crippen molar-refractivity contribution in [1.29, 1.82) is 0 Å². The van der Waals surface area contributed by atoms with Crippen LogP contribution in [0.3, 0.4) is 0 Å². The molecule has 2 aromatic carbocycles. The van der Waals surface area contributed by atoms with Crippen molar-refractivity contribution in [3.05, 3.63) is 70.3 Å². The second-order valence-electron chi connectivity index (χ2n) is 9.04. The van der Waals surface area contributed by atoms with Crippen LogP contribution in [-0.2, 0) is 27.5 Å². The Labute approximate surface area is 196 Å². The second kappa shape index (κ2) is 8.83. The van der Waals surface area contributed by atoms with E-state index in [1.54, 1.807) is 56.3 Å². The maximum atomic E-state index is 13.3. The third-order valence-corrected chi connectivity index (χ3v) is 6.31. The van der Waals surface area contributed by atoms with Gasteiger partial charge in [0.15, 0.2) is 5.78 Å². The van der Waals surface area contributed by atoms with Crippen LogP contribution >= 0.6 is 0 Å². The van der Waals surface area contributed by atoms with Crippen LogP contribution in [-0.4, -0.2) is 51.1 Å². The molecule has 2 aliphatic heterocycles. The van der Waals surface area contributed by atoms with E-state index in [0.717, 1.165) is 5.56 Å². The number of aliphatic carboxylic acids is 1. The summed E-state index contributed by atoms with van der Waals surface area (Å²) in [6.45, 7) is 3.59. The van der Waals surface area contributed by atoms with Crippen molar-refractivity contribution >= 4 is 29.5 Å². The number of ketones is 1. The molecule has 0 aromatic heterocycles. The number of carbonyl (C=O) groups excluding carboxylic acids is 4. The Morgan fingerprint density at radius 3 is 2.47 bits per heavy atom. The average molecular weight is 463 g/mol. The minimum absolute atomic E-state index is 0.120. The highest BCUT2D eigenvalue weighted by molar-refractivity contribution is 6.13. The molecule has 1 unspecified atom stereocenters. The predicted molar refractivity (Wildman–Crippen MR) is 121 cm³/mol. The number of nitrogens with one attached hydrogen (secondary N) is 2. The molecule has 0 saturated carbocycles. The van der Waals surface area contributed by atoms with E-state index >= 15 is 0 Å². The molecule has 9 nitrogen and oxygen atoms in total. The third-order valence-electron chi connectivity index (χ3n) is 6.31. The molecule has 0 spiro atoms. The highest BCUT2D eigenvalue weighted by atomic mass is 16.4. The monoisotopic (exact) mass is 463 g/mol. The van der Waals surface area contributed by atoms with E-state index in [-0.39, 0.29) is 37.0 Å². The van der Waals surface area contributed by atoms with Crippen molar-refractivity contribution in [2.45, 2.75) is 51.4 Å². The van der Waals surface area contributed by atoms with Gasteiger partial charge in [-0.15, -0.1) is 0 Å². The van der Waals surface area contributed by atoms with Gasteiger partial charge in [0, 0.05) is 36.2 Å². The first-order valence-electron chi connectivity index (χ1n) is 11.0. The number of carbonyl (C=O) groups is 5. The maximum absolute atomic E-state index is 13.3. The Balaban J connectivity index is 1.52. The van der Waals surface area contributed by atoms with Crippen molar-refractivity contribution in [3.63, 3.8) is 0 Å². The molecular formula is C25H25N3O6. The van der Waals surface area contributed by atoms with E-state index in [1.807, 2.05) is 0 Å². The molecule has 4 rings (SSSR count). The molecule has 34 heavy (non-hydrogen) atoms. The van der Waals surface area contributed by atoms with Crippen molar-refractivity contribution < 1.29 is 29.1 Å². The summed E-state index contributed by atoms with van der Waals surface area (Å²) in [4.78, 5) is 62.7. The molecule has 176 valence electrons. The molecule has 2 heterocycles. The summed E-state index contributed by atoms with van der Waals surface area (Å²) in [6, 6.07) is 11.0. The summed E-state index contributed by atoms with van der Waals surface area (Å²) < 4.78 is 0. The second-order valence-corrected chi connectivity index (χ2v) is 9.04. The number of rotatable bonds is 7. The van der Waals surface area contributed by atoms with Gasteiger partial charge in [0.25, 0.3) is 5.91 Å². The molecule has 2 aromatic rings. The van der Waals surface area contributed by atoms with Gasteiger partial charge >= 0.3 is 5.97 Å². The number of hydrogen-bond donors (Lipinski definition) is 3. The lowest BCUT2D eigenvalue weighted by molar-refractivity contribution is -0.143. The van der Waals surface area contributed by atoms with Crippen molar-refractivity contribution in [2.75, 3.05) is 0 Å². The van der Waals surface area contributed by atoms with E-state index in [1.165, 1.54) is 4.90 Å². The minimum Gasteiger partial charge on any atom is -0.480 e. The van der Waals surface area contributed by atoms with Crippen molar-refractivity contribution in [3.8, 4) is 0 Å². The van der Waals surface area contributed by atoms with Gasteiger partial charge in [0.2, 0.25) is 11.8 Å². The molecule has 0 radical (unpaired) electrons. The summed E-state index contributed by atoms with van der Waals surface area (Å²) in [5, 5.41) is 14.4. The molecular weight excluding hydrogens is 438 g/mol. The molecule has 1 fully saturated rings. The molecule has 0 aliphatic carbocycles. The largest absolute Gasteiger partial charge is 0.480 e. The van der Waals surface area contributed by atoms with E-state index in [9.17, 15) is 29.1 Å². The van der Waals surface area contributed by atoms with Crippen LogP contribution in [0.5, 0.6) is 0 Å². The van der Waals surface area contributed by atoms with Gasteiger partial charge in [-0.2, -0.15) is 0 Å². The molecule has 3 N–H and O–H groups in total. The number of imide groups is 1.